The maximum atomic E-state index is 15.3. The van der Waals surface area contributed by atoms with Gasteiger partial charge in [-0.2, -0.15) is 4.98 Å². The maximum absolute atomic E-state index is 15.3. The quantitative estimate of drug-likeness (QED) is 0.283. The van der Waals surface area contributed by atoms with Crippen molar-refractivity contribution >= 4 is 5.97 Å². The smallest absolute Gasteiger partial charge is 0.316 e. The van der Waals surface area contributed by atoms with E-state index in [2.05, 4.69) is 35.9 Å². The van der Waals surface area contributed by atoms with E-state index in [1.165, 1.54) is 6.07 Å². The molecular formula is C32H29FN2O5. The van der Waals surface area contributed by atoms with Gasteiger partial charge in [0.15, 0.2) is 0 Å². The number of aliphatic carboxylic acids is 1. The van der Waals surface area contributed by atoms with E-state index < -0.39 is 12.1 Å². The number of hydrogen-bond donors (Lipinski definition) is 1. The minimum absolute atomic E-state index is 0.0181. The number of halogens is 1. The molecule has 0 radical (unpaired) electrons. The number of carboxylic acid groups (broad SMARTS) is 1. The molecule has 0 spiro atoms. The van der Waals surface area contributed by atoms with E-state index in [9.17, 15) is 4.79 Å². The summed E-state index contributed by atoms with van der Waals surface area (Å²) in [5, 5.41) is 9.16. The summed E-state index contributed by atoms with van der Waals surface area (Å²) in [5.74, 6) is -0.105. The second-order valence-electron chi connectivity index (χ2n) is 10.4. The molecule has 2 unspecified atom stereocenters. The van der Waals surface area contributed by atoms with Gasteiger partial charge in [-0.25, -0.2) is 9.37 Å². The van der Waals surface area contributed by atoms with Crippen molar-refractivity contribution in [3.05, 3.63) is 88.4 Å². The lowest BCUT2D eigenvalue weighted by Gasteiger charge is -2.19. The van der Waals surface area contributed by atoms with Crippen LogP contribution in [0.4, 0.5) is 4.39 Å². The summed E-state index contributed by atoms with van der Waals surface area (Å²) in [6.07, 6.45) is 2.61. The Morgan fingerprint density at radius 1 is 1.12 bits per heavy atom. The van der Waals surface area contributed by atoms with E-state index in [0.29, 0.717) is 42.5 Å². The first-order chi connectivity index (χ1) is 19.3. The van der Waals surface area contributed by atoms with Crippen LogP contribution >= 0.6 is 0 Å². The van der Waals surface area contributed by atoms with Crippen LogP contribution in [0.15, 0.2) is 54.7 Å². The molecular weight excluding hydrogens is 511 g/mol. The lowest BCUT2D eigenvalue weighted by atomic mass is 9.88. The Balaban J connectivity index is 1.31. The van der Waals surface area contributed by atoms with Crippen LogP contribution in [0, 0.1) is 19.7 Å². The standard InChI is InChI=1S/C32H29FN2O5/c1-17-12-19(26-10-11-34-32(35-26)38-3)13-18(2)30(17)23-6-8-25(33)31-24(23)7-9-27(31)40-21-4-5-22-20(14-29(36)37)16-39-28(22)15-21/h4-6,8,10-13,15,20,27H,7,9,14,16H2,1-3H3,(H,36,37). The number of aromatic nitrogens is 2. The molecule has 204 valence electrons. The van der Waals surface area contributed by atoms with Gasteiger partial charge in [0.2, 0.25) is 0 Å². The van der Waals surface area contributed by atoms with Gasteiger partial charge < -0.3 is 19.3 Å². The van der Waals surface area contributed by atoms with Crippen molar-refractivity contribution in [2.45, 2.75) is 45.1 Å². The van der Waals surface area contributed by atoms with Gasteiger partial charge in [-0.1, -0.05) is 12.1 Å². The van der Waals surface area contributed by atoms with Crippen LogP contribution in [0.3, 0.4) is 0 Å². The van der Waals surface area contributed by atoms with Crippen LogP contribution in [0.5, 0.6) is 17.5 Å². The summed E-state index contributed by atoms with van der Waals surface area (Å²) < 4.78 is 32.5. The summed E-state index contributed by atoms with van der Waals surface area (Å²) in [4.78, 5) is 19.7. The molecule has 1 aliphatic heterocycles. The Hall–Kier alpha value is -4.46. The molecule has 40 heavy (non-hydrogen) atoms. The molecule has 1 N–H and O–H groups in total. The molecule has 4 aromatic rings. The van der Waals surface area contributed by atoms with E-state index in [4.69, 9.17) is 19.3 Å². The van der Waals surface area contributed by atoms with Gasteiger partial charge in [-0.3, -0.25) is 4.79 Å². The van der Waals surface area contributed by atoms with E-state index in [1.54, 1.807) is 19.4 Å². The Morgan fingerprint density at radius 3 is 2.67 bits per heavy atom. The van der Waals surface area contributed by atoms with Crippen LogP contribution in [0.1, 0.15) is 52.7 Å². The van der Waals surface area contributed by atoms with E-state index in [1.807, 2.05) is 24.3 Å². The zero-order chi connectivity index (χ0) is 28.0. The van der Waals surface area contributed by atoms with Crippen molar-refractivity contribution in [1.82, 2.24) is 9.97 Å². The fraction of sp³-hybridized carbons (Fsp3) is 0.281. The average molecular weight is 541 g/mol. The second-order valence-corrected chi connectivity index (χ2v) is 10.4. The molecule has 1 aliphatic carbocycles. The molecule has 0 saturated carbocycles. The number of carboxylic acids is 1. The highest BCUT2D eigenvalue weighted by Crippen LogP contribution is 2.45. The number of fused-ring (bicyclic) bond motifs is 2. The number of rotatable bonds is 7. The zero-order valence-electron chi connectivity index (χ0n) is 22.5. The van der Waals surface area contributed by atoms with Gasteiger partial charge >= 0.3 is 12.0 Å². The second kappa shape index (κ2) is 10.3. The van der Waals surface area contributed by atoms with Crippen molar-refractivity contribution in [2.75, 3.05) is 13.7 Å². The predicted molar refractivity (Wildman–Crippen MR) is 148 cm³/mol. The third-order valence-corrected chi connectivity index (χ3v) is 7.76. The molecule has 8 heteroatoms. The zero-order valence-corrected chi connectivity index (χ0v) is 22.5. The number of methoxy groups -OCH3 is 1. The first kappa shape index (κ1) is 25.8. The highest BCUT2D eigenvalue weighted by Gasteiger charge is 2.32. The minimum atomic E-state index is -0.856. The third-order valence-electron chi connectivity index (χ3n) is 7.76. The van der Waals surface area contributed by atoms with Gasteiger partial charge in [0.25, 0.3) is 0 Å². The van der Waals surface area contributed by atoms with Crippen molar-refractivity contribution < 1.29 is 28.5 Å². The third kappa shape index (κ3) is 4.63. The van der Waals surface area contributed by atoms with Gasteiger partial charge in [0, 0.05) is 34.9 Å². The summed E-state index contributed by atoms with van der Waals surface area (Å²) in [6.45, 7) is 4.45. The van der Waals surface area contributed by atoms with Crippen LogP contribution in [-0.2, 0) is 11.2 Å². The Kier molecular flexibility index (Phi) is 6.62. The van der Waals surface area contributed by atoms with E-state index >= 15 is 4.39 Å². The minimum Gasteiger partial charge on any atom is -0.492 e. The number of carbonyl (C=O) groups is 1. The largest absolute Gasteiger partial charge is 0.492 e. The van der Waals surface area contributed by atoms with E-state index in [0.717, 1.165) is 44.6 Å². The summed E-state index contributed by atoms with van der Waals surface area (Å²) in [7, 11) is 1.54. The van der Waals surface area contributed by atoms with Crippen LogP contribution in [0.25, 0.3) is 22.4 Å². The molecule has 2 aliphatic rings. The number of benzene rings is 3. The number of hydrogen-bond acceptors (Lipinski definition) is 6. The molecule has 0 bridgehead atoms. The molecule has 0 saturated heterocycles. The molecule has 0 amide bonds. The monoisotopic (exact) mass is 540 g/mol. The lowest BCUT2D eigenvalue weighted by Crippen LogP contribution is -2.07. The van der Waals surface area contributed by atoms with Gasteiger partial charge in [-0.05, 0) is 84.8 Å². The molecule has 7 nitrogen and oxygen atoms in total. The maximum Gasteiger partial charge on any atom is 0.316 e. The first-order valence-electron chi connectivity index (χ1n) is 13.3. The van der Waals surface area contributed by atoms with Crippen LogP contribution in [-0.4, -0.2) is 34.8 Å². The Bertz CT molecular complexity index is 1610. The SMILES string of the molecule is COc1nccc(-c2cc(C)c(-c3ccc(F)c4c3CCC4Oc3ccc4c(c3)OCC4CC(=O)O)c(C)c2)n1. The normalized spacial score (nSPS) is 17.2. The Morgan fingerprint density at radius 2 is 1.93 bits per heavy atom. The van der Waals surface area contributed by atoms with Gasteiger partial charge in [0.1, 0.15) is 23.4 Å². The number of ether oxygens (including phenoxy) is 3. The Labute approximate surface area is 231 Å². The highest BCUT2D eigenvalue weighted by atomic mass is 19.1. The molecule has 1 aromatic heterocycles. The summed E-state index contributed by atoms with van der Waals surface area (Å²) >= 11 is 0. The van der Waals surface area contributed by atoms with E-state index in [-0.39, 0.29) is 18.2 Å². The van der Waals surface area contributed by atoms with Crippen molar-refractivity contribution in [2.24, 2.45) is 0 Å². The fourth-order valence-electron chi connectivity index (χ4n) is 6.04. The predicted octanol–water partition coefficient (Wildman–Crippen LogP) is 6.59. The van der Waals surface area contributed by atoms with Gasteiger partial charge in [-0.15, -0.1) is 0 Å². The number of nitrogens with zero attached hydrogens (tertiary/aromatic N) is 2. The summed E-state index contributed by atoms with van der Waals surface area (Å²) in [5.41, 5.74) is 8.38. The average Bonchev–Trinajstić information content (AvgIpc) is 3.54. The summed E-state index contributed by atoms with van der Waals surface area (Å²) in [6, 6.07) is 15.2. The van der Waals surface area contributed by atoms with Crippen molar-refractivity contribution in [3.63, 3.8) is 0 Å². The molecule has 0 fully saturated rings. The fourth-order valence-corrected chi connectivity index (χ4v) is 6.04. The molecule has 2 heterocycles. The van der Waals surface area contributed by atoms with Crippen LogP contribution in [0.2, 0.25) is 0 Å². The topological polar surface area (TPSA) is 90.8 Å². The molecule has 3 aromatic carbocycles. The lowest BCUT2D eigenvalue weighted by molar-refractivity contribution is -0.137. The first-order valence-corrected chi connectivity index (χ1v) is 13.3. The molecule has 6 rings (SSSR count). The molecule has 2 atom stereocenters. The number of aryl methyl sites for hydroxylation is 2. The van der Waals surface area contributed by atoms with Crippen molar-refractivity contribution in [1.29, 1.82) is 0 Å². The highest BCUT2D eigenvalue weighted by molar-refractivity contribution is 5.79. The van der Waals surface area contributed by atoms with Crippen LogP contribution < -0.4 is 14.2 Å². The van der Waals surface area contributed by atoms with Crippen molar-refractivity contribution in [3.8, 4) is 39.9 Å². The van der Waals surface area contributed by atoms with Gasteiger partial charge in [0.05, 0.1) is 25.8 Å².